The van der Waals surface area contributed by atoms with Crippen LogP contribution >= 0.6 is 0 Å². The lowest BCUT2D eigenvalue weighted by molar-refractivity contribution is -0.384. The molecule has 1 saturated heterocycles. The quantitative estimate of drug-likeness (QED) is 0.459. The molecule has 184 valence electrons. The third kappa shape index (κ3) is 5.66. The zero-order valence-electron chi connectivity index (χ0n) is 19.1. The number of morpholine rings is 1. The van der Waals surface area contributed by atoms with Gasteiger partial charge in [-0.3, -0.25) is 29.4 Å². The van der Waals surface area contributed by atoms with Crippen LogP contribution in [0.5, 0.6) is 5.75 Å². The van der Waals surface area contributed by atoms with Crippen LogP contribution in [0.4, 0.5) is 22.7 Å². The summed E-state index contributed by atoms with van der Waals surface area (Å²) in [7, 11) is 1.45. The number of nitrogens with zero attached hydrogens (tertiary/aromatic N) is 4. The predicted octanol–water partition coefficient (Wildman–Crippen LogP) is 1.25. The van der Waals surface area contributed by atoms with Gasteiger partial charge in [0.2, 0.25) is 11.8 Å². The minimum atomic E-state index is -0.594. The third-order valence-corrected chi connectivity index (χ3v) is 5.72. The highest BCUT2D eigenvalue weighted by molar-refractivity contribution is 6.03. The van der Waals surface area contributed by atoms with Gasteiger partial charge in [0.15, 0.2) is 6.61 Å². The molecule has 0 bridgehead atoms. The lowest BCUT2D eigenvalue weighted by atomic mass is 10.2. The normalized spacial score (nSPS) is 15.2. The summed E-state index contributed by atoms with van der Waals surface area (Å²) < 4.78 is 10.7. The first-order valence-corrected chi connectivity index (χ1v) is 11.0. The van der Waals surface area contributed by atoms with Crippen LogP contribution in [0.3, 0.4) is 0 Å². The van der Waals surface area contributed by atoms with Crippen LogP contribution in [-0.2, 0) is 19.1 Å². The number of carbonyl (C=O) groups is 3. The maximum Gasteiger partial charge on any atom is 0.271 e. The van der Waals surface area contributed by atoms with Crippen LogP contribution in [0.25, 0.3) is 0 Å². The number of ether oxygens (including phenoxy) is 2. The van der Waals surface area contributed by atoms with Crippen LogP contribution in [-0.4, -0.2) is 80.6 Å². The molecular formula is C23H25N5O7. The van der Waals surface area contributed by atoms with Gasteiger partial charge in [0, 0.05) is 43.6 Å². The van der Waals surface area contributed by atoms with E-state index in [1.165, 1.54) is 30.1 Å². The van der Waals surface area contributed by atoms with Crippen molar-refractivity contribution >= 4 is 40.5 Å². The number of nitro groups is 1. The molecule has 0 saturated carbocycles. The highest BCUT2D eigenvalue weighted by Crippen LogP contribution is 2.35. The Balaban J connectivity index is 1.34. The second-order valence-corrected chi connectivity index (χ2v) is 8.12. The number of rotatable bonds is 7. The topological polar surface area (TPSA) is 135 Å². The van der Waals surface area contributed by atoms with E-state index in [0.29, 0.717) is 18.9 Å². The Morgan fingerprint density at radius 1 is 1.14 bits per heavy atom. The molecule has 3 amide bonds. The summed E-state index contributed by atoms with van der Waals surface area (Å²) in [5.41, 5.74) is 1.54. The second-order valence-electron chi connectivity index (χ2n) is 8.12. The van der Waals surface area contributed by atoms with Crippen molar-refractivity contribution in [2.24, 2.45) is 0 Å². The number of likely N-dealkylation sites (N-methyl/N-ethyl adjacent to an activating group) is 1. The Bertz CT molecular complexity index is 1130. The van der Waals surface area contributed by atoms with Crippen LogP contribution in [0.1, 0.15) is 0 Å². The van der Waals surface area contributed by atoms with Crippen LogP contribution in [0.15, 0.2) is 42.5 Å². The molecule has 2 heterocycles. The third-order valence-electron chi connectivity index (χ3n) is 5.72. The molecule has 2 aromatic rings. The molecule has 12 heteroatoms. The smallest absolute Gasteiger partial charge is 0.271 e. The molecule has 4 rings (SSSR count). The van der Waals surface area contributed by atoms with Crippen molar-refractivity contribution in [3.8, 4) is 5.75 Å². The molecule has 0 aliphatic carbocycles. The molecule has 0 aromatic heterocycles. The van der Waals surface area contributed by atoms with Crippen molar-refractivity contribution in [2.45, 2.75) is 0 Å². The lowest BCUT2D eigenvalue weighted by Gasteiger charge is -2.30. The second kappa shape index (κ2) is 10.4. The molecule has 35 heavy (non-hydrogen) atoms. The maximum atomic E-state index is 12.8. The van der Waals surface area contributed by atoms with E-state index in [0.717, 1.165) is 23.7 Å². The van der Waals surface area contributed by atoms with Crippen molar-refractivity contribution in [3.63, 3.8) is 0 Å². The van der Waals surface area contributed by atoms with E-state index in [1.807, 2.05) is 12.1 Å². The number of nitro benzene ring substituents is 1. The SMILES string of the molecule is CN(CC(=O)Nc1ccc(N2CCOCC2)cc1)C(=O)CN1C(=O)COc2ccc([N+](=O)[O-])cc21. The average molecular weight is 483 g/mol. The monoisotopic (exact) mass is 483 g/mol. The van der Waals surface area contributed by atoms with Gasteiger partial charge in [-0.1, -0.05) is 0 Å². The molecular weight excluding hydrogens is 458 g/mol. The van der Waals surface area contributed by atoms with E-state index in [4.69, 9.17) is 9.47 Å². The summed E-state index contributed by atoms with van der Waals surface area (Å²) in [5.74, 6) is -1.15. The van der Waals surface area contributed by atoms with Gasteiger partial charge in [0.1, 0.15) is 12.3 Å². The van der Waals surface area contributed by atoms with E-state index < -0.39 is 22.6 Å². The van der Waals surface area contributed by atoms with Gasteiger partial charge in [-0.05, 0) is 30.3 Å². The molecule has 0 spiro atoms. The largest absolute Gasteiger partial charge is 0.482 e. The number of hydrogen-bond acceptors (Lipinski definition) is 8. The summed E-state index contributed by atoms with van der Waals surface area (Å²) in [6, 6.07) is 11.2. The molecule has 0 atom stereocenters. The molecule has 1 fully saturated rings. The minimum Gasteiger partial charge on any atom is -0.482 e. The number of fused-ring (bicyclic) bond motifs is 1. The summed E-state index contributed by atoms with van der Waals surface area (Å²) in [5, 5.41) is 13.9. The first-order chi connectivity index (χ1) is 16.8. The van der Waals surface area contributed by atoms with Gasteiger partial charge in [-0.2, -0.15) is 0 Å². The first kappa shape index (κ1) is 24.0. The Hall–Kier alpha value is -4.19. The van der Waals surface area contributed by atoms with E-state index in [2.05, 4.69) is 10.2 Å². The fourth-order valence-corrected chi connectivity index (χ4v) is 3.81. The minimum absolute atomic E-state index is 0.141. The standard InChI is InChI=1S/C23H25N5O7/c1-25(13-21(29)24-16-2-4-17(5-3-16)26-8-10-34-11-9-26)22(30)14-27-19-12-18(28(32)33)6-7-20(19)35-15-23(27)31/h2-7,12H,8-11,13-15H2,1H3,(H,24,29). The predicted molar refractivity (Wildman–Crippen MR) is 127 cm³/mol. The zero-order valence-corrected chi connectivity index (χ0v) is 19.1. The Morgan fingerprint density at radius 2 is 1.86 bits per heavy atom. The Kier molecular flexibility index (Phi) is 7.11. The highest BCUT2D eigenvalue weighted by Gasteiger charge is 2.30. The highest BCUT2D eigenvalue weighted by atomic mass is 16.6. The van der Waals surface area contributed by atoms with E-state index >= 15 is 0 Å². The van der Waals surface area contributed by atoms with Crippen LogP contribution in [0.2, 0.25) is 0 Å². The zero-order chi connectivity index (χ0) is 24.9. The van der Waals surface area contributed by atoms with Crippen molar-refractivity contribution in [1.29, 1.82) is 0 Å². The fraction of sp³-hybridized carbons (Fsp3) is 0.348. The fourth-order valence-electron chi connectivity index (χ4n) is 3.81. The number of amides is 3. The maximum absolute atomic E-state index is 12.8. The summed E-state index contributed by atoms with van der Waals surface area (Å²) in [4.78, 5) is 52.6. The van der Waals surface area contributed by atoms with Gasteiger partial charge >= 0.3 is 0 Å². The molecule has 0 unspecified atom stereocenters. The lowest BCUT2D eigenvalue weighted by Crippen LogP contribution is -2.47. The summed E-state index contributed by atoms with van der Waals surface area (Å²) >= 11 is 0. The summed E-state index contributed by atoms with van der Waals surface area (Å²) in [6.07, 6.45) is 0. The average Bonchev–Trinajstić information content (AvgIpc) is 2.86. The molecule has 1 N–H and O–H groups in total. The van der Waals surface area contributed by atoms with E-state index in [9.17, 15) is 24.5 Å². The number of hydrogen-bond donors (Lipinski definition) is 1. The Labute approximate surface area is 201 Å². The van der Waals surface area contributed by atoms with Crippen molar-refractivity contribution in [1.82, 2.24) is 4.90 Å². The number of non-ortho nitro benzene ring substituents is 1. The van der Waals surface area contributed by atoms with Crippen LogP contribution < -0.4 is 19.9 Å². The first-order valence-electron chi connectivity index (χ1n) is 11.0. The van der Waals surface area contributed by atoms with Crippen molar-refractivity contribution in [2.75, 3.05) is 68.2 Å². The number of anilines is 3. The van der Waals surface area contributed by atoms with Crippen LogP contribution in [0, 0.1) is 10.1 Å². The van der Waals surface area contributed by atoms with E-state index in [1.54, 1.807) is 12.1 Å². The molecule has 2 aliphatic heterocycles. The van der Waals surface area contributed by atoms with Gasteiger partial charge in [0.25, 0.3) is 11.6 Å². The van der Waals surface area contributed by atoms with Crippen molar-refractivity contribution in [3.05, 3.63) is 52.6 Å². The Morgan fingerprint density at radius 3 is 2.54 bits per heavy atom. The molecule has 2 aliphatic rings. The molecule has 2 aromatic carbocycles. The van der Waals surface area contributed by atoms with Gasteiger partial charge in [-0.15, -0.1) is 0 Å². The van der Waals surface area contributed by atoms with Gasteiger partial charge in [0.05, 0.1) is 30.4 Å². The number of benzene rings is 2. The molecule has 0 radical (unpaired) electrons. The van der Waals surface area contributed by atoms with E-state index in [-0.39, 0.29) is 36.8 Å². The molecule has 12 nitrogen and oxygen atoms in total. The number of carbonyl (C=O) groups excluding carboxylic acids is 3. The summed E-state index contributed by atoms with van der Waals surface area (Å²) in [6.45, 7) is 2.07. The number of nitrogens with one attached hydrogen (secondary N) is 1. The van der Waals surface area contributed by atoms with Crippen molar-refractivity contribution < 1.29 is 28.8 Å². The van der Waals surface area contributed by atoms with Gasteiger partial charge in [-0.25, -0.2) is 0 Å². The van der Waals surface area contributed by atoms with Gasteiger partial charge < -0.3 is 24.6 Å².